The van der Waals surface area contributed by atoms with Gasteiger partial charge in [0.15, 0.2) is 0 Å². The summed E-state index contributed by atoms with van der Waals surface area (Å²) in [7, 11) is 0. The molecule has 0 aromatic carbocycles. The molecule has 0 bridgehead atoms. The molecule has 0 aliphatic rings. The van der Waals surface area contributed by atoms with Crippen molar-refractivity contribution in [2.24, 2.45) is 0 Å². The molecule has 0 atom stereocenters. The molecule has 13 heavy (non-hydrogen) atoms. The summed E-state index contributed by atoms with van der Waals surface area (Å²) in [4.78, 5) is 23.9. The molecule has 2 N–H and O–H groups in total. The number of carboxylic acids is 1. The van der Waals surface area contributed by atoms with Crippen LogP contribution in [0.1, 0.15) is 35.8 Å². The highest BCUT2D eigenvalue weighted by atomic mass is 16.4. The van der Waals surface area contributed by atoms with E-state index in [1.54, 1.807) is 6.07 Å². The minimum Gasteiger partial charge on any atom is -0.477 e. The lowest BCUT2D eigenvalue weighted by Gasteiger charge is -2.07. The number of carbonyl (C=O) groups is 1. The minimum absolute atomic E-state index is 0.0116. The Bertz CT molecular complexity index is 379. The highest BCUT2D eigenvalue weighted by Crippen LogP contribution is 2.15. The van der Waals surface area contributed by atoms with Crippen LogP contribution in [0.5, 0.6) is 0 Å². The van der Waals surface area contributed by atoms with Crippen molar-refractivity contribution in [1.82, 2.24) is 4.98 Å². The number of nitrogens with one attached hydrogen (secondary N) is 1. The molecule has 0 amide bonds. The van der Waals surface area contributed by atoms with Gasteiger partial charge in [0.2, 0.25) is 5.56 Å². The first-order chi connectivity index (χ1) is 6.02. The Balaban J connectivity index is 3.35. The predicted octanol–water partition coefficient (Wildman–Crippen LogP) is 1.20. The van der Waals surface area contributed by atoms with Crippen LogP contribution < -0.4 is 5.56 Å². The van der Waals surface area contributed by atoms with E-state index >= 15 is 0 Å². The zero-order valence-corrected chi connectivity index (χ0v) is 7.50. The second-order valence-electron chi connectivity index (χ2n) is 3.11. The van der Waals surface area contributed by atoms with Gasteiger partial charge in [-0.1, -0.05) is 19.9 Å². The van der Waals surface area contributed by atoms with Crippen LogP contribution in [-0.4, -0.2) is 16.1 Å². The number of H-pyrrole nitrogens is 1. The molecule has 1 aromatic heterocycles. The van der Waals surface area contributed by atoms with Crippen LogP contribution in [0.4, 0.5) is 0 Å². The van der Waals surface area contributed by atoms with E-state index in [1.165, 1.54) is 6.07 Å². The quantitative estimate of drug-likeness (QED) is 0.720. The first kappa shape index (κ1) is 9.51. The van der Waals surface area contributed by atoms with E-state index in [4.69, 9.17) is 5.11 Å². The molecule has 0 aliphatic carbocycles. The Kier molecular flexibility index (Phi) is 2.51. The number of aromatic nitrogens is 1. The predicted molar refractivity (Wildman–Crippen MR) is 48.1 cm³/mol. The molecule has 0 radical (unpaired) electrons. The molecule has 0 fully saturated rings. The molecule has 4 heteroatoms. The van der Waals surface area contributed by atoms with Crippen molar-refractivity contribution in [3.63, 3.8) is 0 Å². The van der Waals surface area contributed by atoms with Crippen molar-refractivity contribution in [1.29, 1.82) is 0 Å². The average molecular weight is 181 g/mol. The first-order valence-corrected chi connectivity index (χ1v) is 3.99. The topological polar surface area (TPSA) is 70.2 Å². The Hall–Kier alpha value is -1.58. The summed E-state index contributed by atoms with van der Waals surface area (Å²) in [5.74, 6) is -1.01. The van der Waals surface area contributed by atoms with Gasteiger partial charge in [0, 0.05) is 6.07 Å². The Morgan fingerprint density at radius 3 is 2.54 bits per heavy atom. The summed E-state index contributed by atoms with van der Waals surface area (Å²) in [6, 6.07) is 2.88. The van der Waals surface area contributed by atoms with Gasteiger partial charge in [-0.25, -0.2) is 4.79 Å². The molecule has 0 unspecified atom stereocenters. The second kappa shape index (κ2) is 3.43. The smallest absolute Gasteiger partial charge is 0.352 e. The SMILES string of the molecule is CC(C)c1ccc(=O)[nH]c1C(=O)O. The maximum Gasteiger partial charge on any atom is 0.352 e. The summed E-state index contributed by atoms with van der Waals surface area (Å²) in [5, 5.41) is 8.77. The highest BCUT2D eigenvalue weighted by Gasteiger charge is 2.12. The molecular weight excluding hydrogens is 170 g/mol. The zero-order valence-electron chi connectivity index (χ0n) is 7.50. The number of aromatic carboxylic acids is 1. The summed E-state index contributed by atoms with van der Waals surface area (Å²) < 4.78 is 0. The van der Waals surface area contributed by atoms with Crippen molar-refractivity contribution in [3.8, 4) is 0 Å². The molecule has 4 nitrogen and oxygen atoms in total. The molecule has 1 heterocycles. The van der Waals surface area contributed by atoms with Gasteiger partial charge in [0.05, 0.1) is 0 Å². The van der Waals surface area contributed by atoms with Crippen LogP contribution in [0, 0.1) is 0 Å². The molecule has 0 aliphatic heterocycles. The van der Waals surface area contributed by atoms with E-state index < -0.39 is 5.97 Å². The lowest BCUT2D eigenvalue weighted by Crippen LogP contribution is -2.15. The Morgan fingerprint density at radius 2 is 2.08 bits per heavy atom. The summed E-state index contributed by atoms with van der Waals surface area (Å²) in [6.45, 7) is 3.75. The van der Waals surface area contributed by atoms with Crippen LogP contribution in [0.15, 0.2) is 16.9 Å². The molecular formula is C9H11NO3. The molecule has 1 rings (SSSR count). The third-order valence-corrected chi connectivity index (χ3v) is 1.79. The van der Waals surface area contributed by atoms with Gasteiger partial charge in [0.25, 0.3) is 0 Å². The van der Waals surface area contributed by atoms with E-state index in [9.17, 15) is 9.59 Å². The molecule has 0 saturated carbocycles. The average Bonchev–Trinajstić information content (AvgIpc) is 2.03. The molecule has 1 aromatic rings. The maximum absolute atomic E-state index is 10.9. The van der Waals surface area contributed by atoms with E-state index in [0.717, 1.165) is 0 Å². The van der Waals surface area contributed by atoms with E-state index in [-0.39, 0.29) is 17.2 Å². The molecule has 0 spiro atoms. The van der Waals surface area contributed by atoms with Crippen LogP contribution in [-0.2, 0) is 0 Å². The Morgan fingerprint density at radius 1 is 1.46 bits per heavy atom. The van der Waals surface area contributed by atoms with Crippen LogP contribution in [0.2, 0.25) is 0 Å². The lowest BCUT2D eigenvalue weighted by molar-refractivity contribution is 0.0688. The van der Waals surface area contributed by atoms with Gasteiger partial charge >= 0.3 is 5.97 Å². The number of carboxylic acid groups (broad SMARTS) is 1. The second-order valence-corrected chi connectivity index (χ2v) is 3.11. The Labute approximate surface area is 75.2 Å². The number of rotatable bonds is 2. The van der Waals surface area contributed by atoms with Crippen LogP contribution in [0.25, 0.3) is 0 Å². The van der Waals surface area contributed by atoms with Gasteiger partial charge in [-0.15, -0.1) is 0 Å². The van der Waals surface area contributed by atoms with Gasteiger partial charge in [-0.05, 0) is 11.5 Å². The van der Waals surface area contributed by atoms with Gasteiger partial charge < -0.3 is 10.1 Å². The third-order valence-electron chi connectivity index (χ3n) is 1.79. The van der Waals surface area contributed by atoms with E-state index in [1.807, 2.05) is 13.8 Å². The fourth-order valence-corrected chi connectivity index (χ4v) is 1.14. The van der Waals surface area contributed by atoms with Crippen molar-refractivity contribution in [3.05, 3.63) is 33.7 Å². The zero-order chi connectivity index (χ0) is 10.0. The van der Waals surface area contributed by atoms with Gasteiger partial charge in [-0.2, -0.15) is 0 Å². The van der Waals surface area contributed by atoms with Crippen molar-refractivity contribution < 1.29 is 9.90 Å². The first-order valence-electron chi connectivity index (χ1n) is 3.99. The molecule has 70 valence electrons. The number of aromatic amines is 1. The summed E-state index contributed by atoms with van der Waals surface area (Å²) >= 11 is 0. The standard InChI is InChI=1S/C9H11NO3/c1-5(2)6-3-4-7(11)10-8(6)9(12)13/h3-5H,1-2H3,(H,10,11)(H,12,13). The summed E-state index contributed by atoms with van der Waals surface area (Å²) in [5.41, 5.74) is 0.247. The third kappa shape index (κ3) is 1.96. The van der Waals surface area contributed by atoms with Gasteiger partial charge in [-0.3, -0.25) is 4.79 Å². The number of pyridine rings is 1. The van der Waals surface area contributed by atoms with Crippen LogP contribution in [0.3, 0.4) is 0 Å². The fraction of sp³-hybridized carbons (Fsp3) is 0.333. The van der Waals surface area contributed by atoms with Gasteiger partial charge in [0.1, 0.15) is 5.69 Å². The lowest BCUT2D eigenvalue weighted by atomic mass is 10.0. The van der Waals surface area contributed by atoms with E-state index in [2.05, 4.69) is 4.98 Å². The number of hydrogen-bond acceptors (Lipinski definition) is 2. The monoisotopic (exact) mass is 181 g/mol. The maximum atomic E-state index is 10.9. The van der Waals surface area contributed by atoms with Crippen molar-refractivity contribution in [2.45, 2.75) is 19.8 Å². The fourth-order valence-electron chi connectivity index (χ4n) is 1.14. The number of hydrogen-bond donors (Lipinski definition) is 2. The minimum atomic E-state index is -1.10. The van der Waals surface area contributed by atoms with Crippen LogP contribution >= 0.6 is 0 Å². The van der Waals surface area contributed by atoms with Crippen molar-refractivity contribution in [2.75, 3.05) is 0 Å². The normalized spacial score (nSPS) is 10.4. The summed E-state index contributed by atoms with van der Waals surface area (Å²) in [6.07, 6.45) is 0. The van der Waals surface area contributed by atoms with Crippen molar-refractivity contribution >= 4 is 5.97 Å². The van der Waals surface area contributed by atoms with E-state index in [0.29, 0.717) is 5.56 Å². The highest BCUT2D eigenvalue weighted by molar-refractivity contribution is 5.87. The molecule has 0 saturated heterocycles. The largest absolute Gasteiger partial charge is 0.477 e.